The van der Waals surface area contributed by atoms with Crippen LogP contribution in [0.1, 0.15) is 5.56 Å². The van der Waals surface area contributed by atoms with Crippen molar-refractivity contribution in [3.05, 3.63) is 54.1 Å². The number of benzene rings is 2. The largest absolute Gasteiger partial charge is 2.00 e. The zero-order valence-electron chi connectivity index (χ0n) is 10.1. The Hall–Kier alpha value is -0.918. The molecule has 0 bridgehead atoms. The van der Waals surface area contributed by atoms with Crippen molar-refractivity contribution >= 4 is 36.9 Å². The van der Waals surface area contributed by atoms with Gasteiger partial charge in [-0.3, -0.25) is 0 Å². The van der Waals surface area contributed by atoms with Crippen molar-refractivity contribution in [3.8, 4) is 5.75 Å². The average Bonchev–Trinajstić information content (AvgIpc) is 2.38. The molecule has 0 atom stereocenters. The smallest absolute Gasteiger partial charge is 0.788 e. The quantitative estimate of drug-likeness (QED) is 0.349. The number of aliphatic imine (C=N–C) groups is 1. The normalized spacial score (nSPS) is 9.53. The topological polar surface area (TPSA) is 21.6 Å². The van der Waals surface area contributed by atoms with Gasteiger partial charge in [-0.2, -0.15) is 4.90 Å². The van der Waals surface area contributed by atoms with Crippen molar-refractivity contribution in [2.45, 2.75) is 4.90 Å². The molecule has 5 heteroatoms. The molecule has 0 aliphatic carbocycles. The van der Waals surface area contributed by atoms with Crippen LogP contribution >= 0.6 is 12.4 Å². The maximum absolute atomic E-state index is 5.15. The van der Waals surface area contributed by atoms with Crippen molar-refractivity contribution < 1.29 is 25.2 Å². The minimum Gasteiger partial charge on any atom is -0.788 e. The van der Waals surface area contributed by atoms with Crippen LogP contribution in [-0.4, -0.2) is 13.3 Å². The first-order valence-corrected chi connectivity index (χ1v) is 5.57. The van der Waals surface area contributed by atoms with Crippen molar-refractivity contribution in [2.75, 3.05) is 7.11 Å². The van der Waals surface area contributed by atoms with E-state index < -0.39 is 0 Å². The van der Waals surface area contributed by atoms with E-state index in [1.807, 2.05) is 48.5 Å². The van der Waals surface area contributed by atoms with Crippen LogP contribution < -0.4 is 4.74 Å². The molecular weight excluding hydrogens is 372 g/mol. The van der Waals surface area contributed by atoms with Crippen LogP contribution in [0.2, 0.25) is 0 Å². The second-order valence-corrected chi connectivity index (χ2v) is 3.86. The number of hydrogen-bond acceptors (Lipinski definition) is 3. The minimum absolute atomic E-state index is 0. The van der Waals surface area contributed by atoms with Gasteiger partial charge >= 0.3 is 20.4 Å². The van der Waals surface area contributed by atoms with E-state index in [-0.39, 0.29) is 32.8 Å². The third kappa shape index (κ3) is 5.30. The van der Waals surface area contributed by atoms with Gasteiger partial charge in [-0.15, -0.1) is 30.1 Å². The molecular formula is C14H12ClNOPdS. The molecule has 0 saturated heterocycles. The van der Waals surface area contributed by atoms with E-state index in [0.717, 1.165) is 21.9 Å². The number of hydrogen-bond donors (Lipinski definition) is 0. The number of ether oxygens (including phenoxy) is 1. The third-order valence-electron chi connectivity index (χ3n) is 2.26. The molecule has 0 amide bonds. The number of halogens is 1. The number of para-hydroxylation sites is 1. The molecule has 0 radical (unpaired) electrons. The number of nitrogens with zero attached hydrogens (tertiary/aromatic N) is 1. The Balaban J connectivity index is 0.00000162. The summed E-state index contributed by atoms with van der Waals surface area (Å²) in [5.74, 6) is 0.819. The van der Waals surface area contributed by atoms with Gasteiger partial charge in [0, 0.05) is 0 Å². The summed E-state index contributed by atoms with van der Waals surface area (Å²) >= 11 is 5.15. The molecule has 2 aromatic carbocycles. The Labute approximate surface area is 138 Å². The average molecular weight is 384 g/mol. The van der Waals surface area contributed by atoms with Crippen molar-refractivity contribution in [3.63, 3.8) is 0 Å². The van der Waals surface area contributed by atoms with Gasteiger partial charge in [0.1, 0.15) is 5.75 Å². The van der Waals surface area contributed by atoms with Crippen LogP contribution in [0.25, 0.3) is 0 Å². The fraction of sp³-hybridized carbons (Fsp3) is 0.0714. The molecule has 2 nitrogen and oxygen atoms in total. The van der Waals surface area contributed by atoms with Crippen LogP contribution in [0.15, 0.2) is 58.4 Å². The van der Waals surface area contributed by atoms with Crippen molar-refractivity contribution in [1.82, 2.24) is 0 Å². The van der Waals surface area contributed by atoms with Crippen molar-refractivity contribution in [2.24, 2.45) is 4.99 Å². The van der Waals surface area contributed by atoms with Gasteiger partial charge in [0.25, 0.3) is 0 Å². The van der Waals surface area contributed by atoms with Crippen LogP contribution in [0.4, 0.5) is 5.69 Å². The second kappa shape index (κ2) is 9.06. The van der Waals surface area contributed by atoms with Gasteiger partial charge in [-0.1, -0.05) is 36.4 Å². The van der Waals surface area contributed by atoms with E-state index in [9.17, 15) is 0 Å². The Morgan fingerprint density at radius 1 is 1.05 bits per heavy atom. The van der Waals surface area contributed by atoms with E-state index in [2.05, 4.69) is 11.2 Å². The summed E-state index contributed by atoms with van der Waals surface area (Å²) < 4.78 is 5.08. The molecule has 0 saturated carbocycles. The van der Waals surface area contributed by atoms with Crippen LogP contribution in [0.3, 0.4) is 0 Å². The molecule has 0 aliphatic heterocycles. The van der Waals surface area contributed by atoms with Gasteiger partial charge < -0.3 is 22.4 Å². The predicted molar refractivity (Wildman–Crippen MR) is 78.5 cm³/mol. The molecule has 2 rings (SSSR count). The predicted octanol–water partition coefficient (Wildman–Crippen LogP) is 3.65. The first kappa shape index (κ1) is 18.1. The molecule has 0 aliphatic rings. The molecule has 102 valence electrons. The van der Waals surface area contributed by atoms with E-state index in [0.29, 0.717) is 0 Å². The molecule has 0 unspecified atom stereocenters. The molecule has 2 aromatic rings. The summed E-state index contributed by atoms with van der Waals surface area (Å²) in [6.07, 6.45) is 2.96. The fourth-order valence-corrected chi connectivity index (χ4v) is 1.53. The Kier molecular flexibility index (Phi) is 8.62. The molecule has 0 aromatic heterocycles. The van der Waals surface area contributed by atoms with Gasteiger partial charge in [-0.05, 0) is 11.9 Å². The van der Waals surface area contributed by atoms with E-state index >= 15 is 0 Å². The summed E-state index contributed by atoms with van der Waals surface area (Å²) in [6.45, 7) is 0. The van der Waals surface area contributed by atoms with Crippen LogP contribution in [0, 0.1) is 0 Å². The van der Waals surface area contributed by atoms with Gasteiger partial charge in [0.2, 0.25) is 0 Å². The summed E-state index contributed by atoms with van der Waals surface area (Å²) in [7, 11) is 1.64. The summed E-state index contributed by atoms with van der Waals surface area (Å²) in [6, 6.07) is 15.1. The molecule has 0 heterocycles. The van der Waals surface area contributed by atoms with E-state index in [1.54, 1.807) is 7.11 Å². The standard InChI is InChI=1S/C14H12NOS.ClH.Pd/c1-16-12-8-6-11(7-9-12)10-15-13-4-2-3-5-14(13)17;;/h2-9,17H,1H3;1H;/q-1;;+2/p-1. The fourth-order valence-electron chi connectivity index (χ4n) is 1.34. The molecule has 0 fully saturated rings. The Morgan fingerprint density at radius 3 is 2.26 bits per heavy atom. The van der Waals surface area contributed by atoms with Crippen LogP contribution in [0.5, 0.6) is 5.75 Å². The van der Waals surface area contributed by atoms with Gasteiger partial charge in [0.15, 0.2) is 0 Å². The maximum atomic E-state index is 5.15. The number of methoxy groups -OCH3 is 1. The van der Waals surface area contributed by atoms with Gasteiger partial charge in [0.05, 0.1) is 7.11 Å². The molecule has 0 spiro atoms. The summed E-state index contributed by atoms with van der Waals surface area (Å²) in [4.78, 5) is 4.97. The minimum atomic E-state index is 0. The first-order valence-electron chi connectivity index (χ1n) is 5.16. The summed E-state index contributed by atoms with van der Waals surface area (Å²) in [5.41, 5.74) is 1.65. The number of rotatable bonds is 3. The van der Waals surface area contributed by atoms with Crippen LogP contribution in [-0.2, 0) is 33.1 Å². The Bertz CT molecular complexity index is 531. The van der Waals surface area contributed by atoms with Gasteiger partial charge in [-0.25, -0.2) is 0 Å². The second-order valence-electron chi connectivity index (χ2n) is 3.42. The maximum Gasteiger partial charge on any atom is 2.00 e. The first-order chi connectivity index (χ1) is 8.29. The zero-order chi connectivity index (χ0) is 12.1. The zero-order valence-corrected chi connectivity index (χ0v) is 13.3. The third-order valence-corrected chi connectivity index (χ3v) is 2.61. The Morgan fingerprint density at radius 2 is 1.68 bits per heavy atom. The monoisotopic (exact) mass is 383 g/mol. The van der Waals surface area contributed by atoms with Crippen molar-refractivity contribution in [1.29, 1.82) is 0 Å². The SMILES string of the molecule is COc1ccc([C-]=Nc2ccccc2[S-])cc1.Cl.[Pd+2]. The molecule has 0 N–H and O–H groups in total. The molecule has 19 heavy (non-hydrogen) atoms. The van der Waals surface area contributed by atoms with E-state index in [1.165, 1.54) is 0 Å². The summed E-state index contributed by atoms with van der Waals surface area (Å²) in [5, 5.41) is 0. The van der Waals surface area contributed by atoms with E-state index in [4.69, 9.17) is 17.4 Å².